The van der Waals surface area contributed by atoms with Crippen molar-refractivity contribution in [3.8, 4) is 0 Å². The van der Waals surface area contributed by atoms with Crippen molar-refractivity contribution in [3.05, 3.63) is 35.9 Å². The van der Waals surface area contributed by atoms with Gasteiger partial charge in [0.1, 0.15) is 0 Å². The number of hydrogen-bond acceptors (Lipinski definition) is 4. The van der Waals surface area contributed by atoms with E-state index >= 15 is 0 Å². The highest BCUT2D eigenvalue weighted by atomic mass is 16.5. The fourth-order valence-corrected chi connectivity index (χ4v) is 4.26. The molecule has 28 heavy (non-hydrogen) atoms. The molecule has 2 unspecified atom stereocenters. The van der Waals surface area contributed by atoms with Crippen molar-refractivity contribution < 1.29 is 9.84 Å². The first-order valence-corrected chi connectivity index (χ1v) is 10.6. The minimum absolute atomic E-state index is 0.0357. The lowest BCUT2D eigenvalue weighted by molar-refractivity contribution is 0.127. The number of aliphatic imine (C=N–C) groups is 1. The van der Waals surface area contributed by atoms with Gasteiger partial charge in [0, 0.05) is 51.9 Å². The molecule has 0 radical (unpaired) electrons. The van der Waals surface area contributed by atoms with Crippen LogP contribution in [0.2, 0.25) is 0 Å². The highest BCUT2D eigenvalue weighted by Gasteiger charge is 2.34. The van der Waals surface area contributed by atoms with Crippen LogP contribution in [0.1, 0.15) is 24.8 Å². The van der Waals surface area contributed by atoms with Crippen LogP contribution in [-0.2, 0) is 11.2 Å². The Kier molecular flexibility index (Phi) is 8.13. The van der Waals surface area contributed by atoms with Crippen LogP contribution < -0.4 is 10.6 Å². The highest BCUT2D eigenvalue weighted by molar-refractivity contribution is 5.79. The molecule has 6 heteroatoms. The number of rotatable bonds is 9. The number of benzene rings is 1. The average Bonchev–Trinajstić information content (AvgIpc) is 3.38. The van der Waals surface area contributed by atoms with Crippen LogP contribution in [0.25, 0.3) is 0 Å². The Morgan fingerprint density at radius 2 is 2.18 bits per heavy atom. The molecule has 3 N–H and O–H groups in total. The molecule has 0 aliphatic carbocycles. The van der Waals surface area contributed by atoms with E-state index < -0.39 is 0 Å². The first-order valence-electron chi connectivity index (χ1n) is 10.6. The molecule has 1 aromatic carbocycles. The lowest BCUT2D eigenvalue weighted by atomic mass is 9.84. The van der Waals surface area contributed by atoms with Gasteiger partial charge < -0.3 is 25.4 Å². The first-order chi connectivity index (χ1) is 13.7. The second-order valence-corrected chi connectivity index (χ2v) is 8.27. The van der Waals surface area contributed by atoms with Crippen molar-refractivity contribution in [2.45, 2.75) is 25.7 Å². The minimum atomic E-state index is 0.0357. The summed E-state index contributed by atoms with van der Waals surface area (Å²) in [7, 11) is 1.82. The lowest BCUT2D eigenvalue weighted by Crippen LogP contribution is -2.45. The lowest BCUT2D eigenvalue weighted by Gasteiger charge is -2.28. The van der Waals surface area contributed by atoms with Gasteiger partial charge in [-0.15, -0.1) is 0 Å². The van der Waals surface area contributed by atoms with Crippen LogP contribution in [0.15, 0.2) is 35.3 Å². The summed E-state index contributed by atoms with van der Waals surface area (Å²) < 4.78 is 5.57. The second kappa shape index (κ2) is 10.8. The van der Waals surface area contributed by atoms with Crippen molar-refractivity contribution >= 4 is 5.96 Å². The monoisotopic (exact) mass is 388 g/mol. The summed E-state index contributed by atoms with van der Waals surface area (Å²) in [5.74, 6) is 1.52. The van der Waals surface area contributed by atoms with Crippen LogP contribution in [0, 0.1) is 11.3 Å². The highest BCUT2D eigenvalue weighted by Crippen LogP contribution is 2.31. The first kappa shape index (κ1) is 21.1. The number of nitrogens with zero attached hydrogens (tertiary/aromatic N) is 2. The molecule has 2 atom stereocenters. The van der Waals surface area contributed by atoms with E-state index in [1.165, 1.54) is 18.5 Å². The molecule has 2 aliphatic rings. The predicted octanol–water partition coefficient (Wildman–Crippen LogP) is 1.51. The molecular weight excluding hydrogens is 352 g/mol. The van der Waals surface area contributed by atoms with Crippen molar-refractivity contribution in [1.29, 1.82) is 0 Å². The molecule has 0 spiro atoms. The standard InChI is InChI=1S/C22H36N4O2/c1-23-21(25-17-22(9-13-27)10-14-28-18-22)24-15-20-8-12-26(16-20)11-7-19-5-3-2-4-6-19/h2-6,20,27H,7-18H2,1H3,(H2,23,24,25). The summed E-state index contributed by atoms with van der Waals surface area (Å²) in [5, 5.41) is 16.3. The van der Waals surface area contributed by atoms with E-state index in [1.807, 2.05) is 7.05 Å². The third-order valence-corrected chi connectivity index (χ3v) is 6.17. The SMILES string of the molecule is CN=C(NCC1CCN(CCc2ccccc2)C1)NCC1(CCO)CCOC1. The molecule has 0 amide bonds. The number of likely N-dealkylation sites (tertiary alicyclic amines) is 1. The zero-order valence-corrected chi connectivity index (χ0v) is 17.2. The summed E-state index contributed by atoms with van der Waals surface area (Å²) in [4.78, 5) is 6.94. The zero-order valence-electron chi connectivity index (χ0n) is 17.2. The van der Waals surface area contributed by atoms with Gasteiger partial charge in [-0.1, -0.05) is 30.3 Å². The van der Waals surface area contributed by atoms with E-state index in [4.69, 9.17) is 4.74 Å². The number of aliphatic hydroxyl groups is 1. The Morgan fingerprint density at radius 1 is 1.32 bits per heavy atom. The van der Waals surface area contributed by atoms with Gasteiger partial charge in [-0.25, -0.2) is 0 Å². The van der Waals surface area contributed by atoms with E-state index in [2.05, 4.69) is 50.9 Å². The summed E-state index contributed by atoms with van der Waals surface area (Å²) in [6.45, 7) is 6.92. The number of aliphatic hydroxyl groups excluding tert-OH is 1. The third kappa shape index (κ3) is 6.19. The average molecular weight is 389 g/mol. The summed E-state index contributed by atoms with van der Waals surface area (Å²) in [6, 6.07) is 10.7. The minimum Gasteiger partial charge on any atom is -0.396 e. The fourth-order valence-electron chi connectivity index (χ4n) is 4.26. The predicted molar refractivity (Wildman–Crippen MR) is 114 cm³/mol. The number of nitrogens with one attached hydrogen (secondary N) is 2. The molecule has 0 aromatic heterocycles. The molecule has 156 valence electrons. The number of ether oxygens (including phenoxy) is 1. The smallest absolute Gasteiger partial charge is 0.191 e. The Labute approximate surface area is 169 Å². The molecule has 6 nitrogen and oxygen atoms in total. The topological polar surface area (TPSA) is 69.1 Å². The van der Waals surface area contributed by atoms with Crippen molar-refractivity contribution in [3.63, 3.8) is 0 Å². The molecular formula is C22H36N4O2. The van der Waals surface area contributed by atoms with Gasteiger partial charge in [-0.2, -0.15) is 0 Å². The number of guanidine groups is 1. The van der Waals surface area contributed by atoms with Crippen LogP contribution in [-0.4, -0.2) is 75.6 Å². The molecule has 0 saturated carbocycles. The molecule has 2 saturated heterocycles. The zero-order chi connectivity index (χ0) is 19.7. The van der Waals surface area contributed by atoms with E-state index in [0.29, 0.717) is 5.92 Å². The fraction of sp³-hybridized carbons (Fsp3) is 0.682. The van der Waals surface area contributed by atoms with Gasteiger partial charge >= 0.3 is 0 Å². The molecule has 0 bridgehead atoms. The van der Waals surface area contributed by atoms with Gasteiger partial charge in [-0.3, -0.25) is 4.99 Å². The van der Waals surface area contributed by atoms with Gasteiger partial charge in [0.15, 0.2) is 5.96 Å². The van der Waals surface area contributed by atoms with E-state index in [-0.39, 0.29) is 12.0 Å². The maximum absolute atomic E-state index is 9.37. The second-order valence-electron chi connectivity index (χ2n) is 8.27. The largest absolute Gasteiger partial charge is 0.396 e. The van der Waals surface area contributed by atoms with E-state index in [9.17, 15) is 5.11 Å². The number of hydrogen-bond donors (Lipinski definition) is 3. The van der Waals surface area contributed by atoms with Crippen molar-refractivity contribution in [2.75, 3.05) is 59.6 Å². The Morgan fingerprint density at radius 3 is 2.89 bits per heavy atom. The Balaban J connectivity index is 1.36. The molecule has 2 heterocycles. The van der Waals surface area contributed by atoms with Crippen LogP contribution in [0.5, 0.6) is 0 Å². The van der Waals surface area contributed by atoms with Gasteiger partial charge in [0.2, 0.25) is 0 Å². The van der Waals surface area contributed by atoms with Crippen molar-refractivity contribution in [2.24, 2.45) is 16.3 Å². The van der Waals surface area contributed by atoms with Crippen LogP contribution >= 0.6 is 0 Å². The molecule has 2 aliphatic heterocycles. The van der Waals surface area contributed by atoms with Crippen LogP contribution in [0.4, 0.5) is 0 Å². The van der Waals surface area contributed by atoms with E-state index in [1.54, 1.807) is 0 Å². The Hall–Kier alpha value is -1.63. The molecule has 2 fully saturated rings. The molecule has 1 aromatic rings. The summed E-state index contributed by atoms with van der Waals surface area (Å²) in [5.41, 5.74) is 1.45. The maximum Gasteiger partial charge on any atom is 0.191 e. The third-order valence-electron chi connectivity index (χ3n) is 6.17. The Bertz CT molecular complexity index is 602. The molecule has 3 rings (SSSR count). The normalized spacial score (nSPS) is 25.9. The quantitative estimate of drug-likeness (QED) is 0.442. The van der Waals surface area contributed by atoms with Gasteiger partial charge in [-0.05, 0) is 43.7 Å². The van der Waals surface area contributed by atoms with Crippen molar-refractivity contribution in [1.82, 2.24) is 15.5 Å². The van der Waals surface area contributed by atoms with Gasteiger partial charge in [0.25, 0.3) is 0 Å². The summed E-state index contributed by atoms with van der Waals surface area (Å²) in [6.07, 6.45) is 4.13. The van der Waals surface area contributed by atoms with Crippen LogP contribution in [0.3, 0.4) is 0 Å². The van der Waals surface area contributed by atoms with E-state index in [0.717, 1.165) is 64.6 Å². The summed E-state index contributed by atoms with van der Waals surface area (Å²) >= 11 is 0. The maximum atomic E-state index is 9.37. The van der Waals surface area contributed by atoms with Gasteiger partial charge in [0.05, 0.1) is 6.61 Å².